The summed E-state index contributed by atoms with van der Waals surface area (Å²) in [6, 6.07) is 0. The number of methoxy groups -OCH3 is 2. The van der Waals surface area contributed by atoms with Crippen LogP contribution in [-0.4, -0.2) is 61.3 Å². The van der Waals surface area contributed by atoms with Crippen LogP contribution in [0.25, 0.3) is 0 Å². The van der Waals surface area contributed by atoms with Crippen molar-refractivity contribution in [2.75, 3.05) is 20.8 Å². The maximum Gasteiger partial charge on any atom is 0.303 e. The van der Waals surface area contributed by atoms with Crippen LogP contribution >= 0.6 is 0 Å². The van der Waals surface area contributed by atoms with Gasteiger partial charge in [-0.25, -0.2) is 0 Å². The van der Waals surface area contributed by atoms with E-state index in [1.807, 2.05) is 12.2 Å². The highest BCUT2D eigenvalue weighted by Crippen LogP contribution is 2.44. The topological polar surface area (TPSA) is 94.5 Å². The maximum absolute atomic E-state index is 11.3. The second-order valence-corrected chi connectivity index (χ2v) is 7.44. The van der Waals surface area contributed by atoms with E-state index in [9.17, 15) is 9.90 Å². The molecule has 2 N–H and O–H groups in total. The molecule has 1 saturated heterocycles. The SMILES string of the molecule is COC(OC)[C@@H]1[C@@H](OC2CCCCO2)CC[C@@]1(O)CC=CCCCC(=O)O. The molecule has 0 aromatic rings. The smallest absolute Gasteiger partial charge is 0.303 e. The normalized spacial score (nSPS) is 31.8. The average Bonchev–Trinajstić information content (AvgIpc) is 2.97. The van der Waals surface area contributed by atoms with Crippen LogP contribution in [0.2, 0.25) is 0 Å². The third-order valence-electron chi connectivity index (χ3n) is 5.50. The van der Waals surface area contributed by atoms with Crippen molar-refractivity contribution in [2.24, 2.45) is 5.92 Å². The van der Waals surface area contributed by atoms with Gasteiger partial charge in [0.1, 0.15) is 0 Å². The number of carboxylic acid groups (broad SMARTS) is 1. The Kier molecular flexibility index (Phi) is 9.18. The van der Waals surface area contributed by atoms with Gasteiger partial charge in [-0.1, -0.05) is 12.2 Å². The number of hydrogen-bond acceptors (Lipinski definition) is 6. The Bertz CT molecular complexity index is 471. The molecule has 7 heteroatoms. The molecule has 2 rings (SSSR count). The second kappa shape index (κ2) is 11.1. The van der Waals surface area contributed by atoms with E-state index in [1.54, 1.807) is 14.2 Å². The minimum Gasteiger partial charge on any atom is -0.481 e. The Balaban J connectivity index is 1.97. The summed E-state index contributed by atoms with van der Waals surface area (Å²) in [6.07, 6.45) is 9.10. The Morgan fingerprint density at radius 3 is 2.67 bits per heavy atom. The fourth-order valence-corrected chi connectivity index (χ4v) is 4.08. The molecule has 1 aliphatic heterocycles. The van der Waals surface area contributed by atoms with Crippen LogP contribution in [0.15, 0.2) is 12.2 Å². The van der Waals surface area contributed by atoms with Crippen molar-refractivity contribution < 1.29 is 34.0 Å². The lowest BCUT2D eigenvalue weighted by molar-refractivity contribution is -0.242. The highest BCUT2D eigenvalue weighted by atomic mass is 16.7. The van der Waals surface area contributed by atoms with Crippen LogP contribution < -0.4 is 0 Å². The summed E-state index contributed by atoms with van der Waals surface area (Å²) >= 11 is 0. The molecule has 0 aromatic heterocycles. The fourth-order valence-electron chi connectivity index (χ4n) is 4.08. The Labute approximate surface area is 161 Å². The molecule has 4 atom stereocenters. The quantitative estimate of drug-likeness (QED) is 0.320. The van der Waals surface area contributed by atoms with Gasteiger partial charge in [-0.05, 0) is 51.4 Å². The van der Waals surface area contributed by atoms with Gasteiger partial charge < -0.3 is 29.2 Å². The monoisotopic (exact) mass is 386 g/mol. The van der Waals surface area contributed by atoms with Gasteiger partial charge in [0, 0.05) is 27.2 Å². The van der Waals surface area contributed by atoms with E-state index in [0.717, 1.165) is 25.7 Å². The van der Waals surface area contributed by atoms with Crippen LogP contribution in [-0.2, 0) is 23.7 Å². The number of unbranched alkanes of at least 4 members (excludes halogenated alkanes) is 1. The summed E-state index contributed by atoms with van der Waals surface area (Å²) in [5.74, 6) is -1.10. The first-order valence-electron chi connectivity index (χ1n) is 9.92. The Morgan fingerprint density at radius 1 is 1.26 bits per heavy atom. The second-order valence-electron chi connectivity index (χ2n) is 7.44. The molecular formula is C20H34O7. The molecule has 156 valence electrons. The number of allylic oxidation sites excluding steroid dienone is 1. The number of carboxylic acids is 1. The highest BCUT2D eigenvalue weighted by Gasteiger charge is 2.52. The van der Waals surface area contributed by atoms with Crippen LogP contribution in [0.5, 0.6) is 0 Å². The van der Waals surface area contributed by atoms with Crippen LogP contribution in [0, 0.1) is 5.92 Å². The third kappa shape index (κ3) is 6.54. The van der Waals surface area contributed by atoms with Gasteiger partial charge in [-0.3, -0.25) is 4.79 Å². The lowest BCUT2D eigenvalue weighted by Crippen LogP contribution is -2.47. The van der Waals surface area contributed by atoms with Crippen molar-refractivity contribution in [3.8, 4) is 0 Å². The summed E-state index contributed by atoms with van der Waals surface area (Å²) in [4.78, 5) is 10.6. The molecule has 0 radical (unpaired) electrons. The van der Waals surface area contributed by atoms with Gasteiger partial charge in [-0.15, -0.1) is 0 Å². The molecule has 7 nitrogen and oxygen atoms in total. The van der Waals surface area contributed by atoms with Crippen LogP contribution in [0.4, 0.5) is 0 Å². The predicted molar refractivity (Wildman–Crippen MR) is 99.2 cm³/mol. The molecule has 0 bridgehead atoms. The van der Waals surface area contributed by atoms with Crippen molar-refractivity contribution in [1.29, 1.82) is 0 Å². The summed E-state index contributed by atoms with van der Waals surface area (Å²) in [7, 11) is 3.14. The van der Waals surface area contributed by atoms with Gasteiger partial charge in [0.15, 0.2) is 12.6 Å². The number of aliphatic hydroxyl groups is 1. The third-order valence-corrected chi connectivity index (χ3v) is 5.50. The standard InChI is InChI=1S/C20H34O7/c1-24-19(25-2)18-15(27-17-10-6-8-14-26-17)11-13-20(18,23)12-7-4-3-5-9-16(21)22/h4,7,15,17-19,23H,3,5-6,8-14H2,1-2H3,(H,21,22)/t15-,17?,18-,20-/m0/s1. The first-order valence-corrected chi connectivity index (χ1v) is 9.92. The van der Waals surface area contributed by atoms with E-state index < -0.39 is 17.9 Å². The molecule has 0 amide bonds. The molecular weight excluding hydrogens is 352 g/mol. The first kappa shape index (κ1) is 22.3. The van der Waals surface area contributed by atoms with E-state index in [1.165, 1.54) is 0 Å². The van der Waals surface area contributed by atoms with Gasteiger partial charge in [-0.2, -0.15) is 0 Å². The van der Waals surface area contributed by atoms with Crippen molar-refractivity contribution in [1.82, 2.24) is 0 Å². The minimum atomic E-state index is -0.987. The summed E-state index contributed by atoms with van der Waals surface area (Å²) in [6.45, 7) is 0.712. The average molecular weight is 386 g/mol. The zero-order valence-corrected chi connectivity index (χ0v) is 16.5. The van der Waals surface area contributed by atoms with E-state index in [4.69, 9.17) is 24.1 Å². The lowest BCUT2D eigenvalue weighted by atomic mass is 9.85. The Hall–Kier alpha value is -0.990. The maximum atomic E-state index is 11.3. The number of hydrogen-bond donors (Lipinski definition) is 2. The number of ether oxygens (including phenoxy) is 4. The zero-order chi connectivity index (χ0) is 19.7. The zero-order valence-electron chi connectivity index (χ0n) is 16.5. The van der Waals surface area contributed by atoms with E-state index >= 15 is 0 Å². The predicted octanol–water partition coefficient (Wildman–Crippen LogP) is 2.86. The van der Waals surface area contributed by atoms with Gasteiger partial charge in [0.25, 0.3) is 0 Å². The molecule has 0 aromatic carbocycles. The molecule has 2 aliphatic rings. The van der Waals surface area contributed by atoms with Crippen molar-refractivity contribution in [2.45, 2.75) is 82.1 Å². The molecule has 1 aliphatic carbocycles. The molecule has 1 unspecified atom stereocenters. The summed E-state index contributed by atoms with van der Waals surface area (Å²) in [5.41, 5.74) is -0.987. The lowest BCUT2D eigenvalue weighted by Gasteiger charge is -2.37. The number of aliphatic carboxylic acids is 1. The number of rotatable bonds is 11. The van der Waals surface area contributed by atoms with Crippen molar-refractivity contribution in [3.63, 3.8) is 0 Å². The van der Waals surface area contributed by atoms with E-state index in [-0.39, 0.29) is 24.7 Å². The Morgan fingerprint density at radius 2 is 2.04 bits per heavy atom. The fraction of sp³-hybridized carbons (Fsp3) is 0.850. The van der Waals surface area contributed by atoms with Gasteiger partial charge >= 0.3 is 5.97 Å². The van der Waals surface area contributed by atoms with Crippen molar-refractivity contribution >= 4 is 5.97 Å². The highest BCUT2D eigenvalue weighted by molar-refractivity contribution is 5.66. The molecule has 1 heterocycles. The van der Waals surface area contributed by atoms with Gasteiger partial charge in [0.05, 0.1) is 17.6 Å². The van der Waals surface area contributed by atoms with E-state index in [0.29, 0.717) is 32.3 Å². The van der Waals surface area contributed by atoms with Gasteiger partial charge in [0.2, 0.25) is 0 Å². The molecule has 0 spiro atoms. The minimum absolute atomic E-state index is 0.157. The largest absolute Gasteiger partial charge is 0.481 e. The molecule has 2 fully saturated rings. The summed E-state index contributed by atoms with van der Waals surface area (Å²) in [5, 5.41) is 20.0. The van der Waals surface area contributed by atoms with Crippen LogP contribution in [0.3, 0.4) is 0 Å². The van der Waals surface area contributed by atoms with E-state index in [2.05, 4.69) is 0 Å². The van der Waals surface area contributed by atoms with Crippen LogP contribution in [0.1, 0.15) is 57.8 Å². The summed E-state index contributed by atoms with van der Waals surface area (Å²) < 4.78 is 22.8. The molecule has 27 heavy (non-hydrogen) atoms. The van der Waals surface area contributed by atoms with Crippen molar-refractivity contribution in [3.05, 3.63) is 12.2 Å². The first-order chi connectivity index (χ1) is 13.0. The number of carbonyl (C=O) groups is 1. The molecule has 1 saturated carbocycles.